The molecule has 4 aromatic rings. The van der Waals surface area contributed by atoms with E-state index in [1.54, 1.807) is 24.2 Å². The monoisotopic (exact) mass is 586 g/mol. The molecule has 36 heavy (non-hydrogen) atoms. The fraction of sp³-hybridized carbons (Fsp3) is 0.121. The van der Waals surface area contributed by atoms with Crippen molar-refractivity contribution in [2.45, 2.75) is 26.7 Å². The van der Waals surface area contributed by atoms with Gasteiger partial charge in [0.2, 0.25) is 0 Å². The minimum absolute atomic E-state index is 0. The largest absolute Gasteiger partial charge is 0.273 e. The molecule has 2 aliphatic carbocycles. The van der Waals surface area contributed by atoms with Crippen molar-refractivity contribution in [2.24, 2.45) is 0 Å². The van der Waals surface area contributed by atoms with E-state index in [0.29, 0.717) is 0 Å². The fourth-order valence-corrected chi connectivity index (χ4v) is 4.06. The van der Waals surface area contributed by atoms with Crippen molar-refractivity contribution >= 4 is 28.0 Å². The van der Waals surface area contributed by atoms with Crippen LogP contribution in [0, 0.1) is 12.1 Å². The third-order valence-electron chi connectivity index (χ3n) is 5.57. The molecule has 0 aliphatic heterocycles. The van der Waals surface area contributed by atoms with E-state index in [-0.39, 0.29) is 24.8 Å². The SMILES string of the molecule is C[C](C)=[Zr+2].Cl.Cl.[C-]1=CC=CC1.[c-]1c(-c2ccccc2)ccc2c1Cc1cc(-c3ccccc3)ccc1-2. The third-order valence-corrected chi connectivity index (χ3v) is 5.57. The van der Waals surface area contributed by atoms with Crippen LogP contribution < -0.4 is 0 Å². The normalized spacial score (nSPS) is 11.4. The van der Waals surface area contributed by atoms with Crippen molar-refractivity contribution < 1.29 is 24.2 Å². The molecule has 0 amide bonds. The van der Waals surface area contributed by atoms with Crippen LogP contribution in [0.25, 0.3) is 33.4 Å². The summed E-state index contributed by atoms with van der Waals surface area (Å²) in [6.45, 7) is 4.25. The number of hydrogen-bond donors (Lipinski definition) is 0. The molecule has 4 aromatic carbocycles. The van der Waals surface area contributed by atoms with Crippen LogP contribution in [-0.4, -0.2) is 3.21 Å². The number of fused-ring (bicyclic) bond motifs is 3. The summed E-state index contributed by atoms with van der Waals surface area (Å²) >= 11 is 1.55. The molecule has 180 valence electrons. The Kier molecular flexibility index (Phi) is 12.5. The van der Waals surface area contributed by atoms with Crippen LogP contribution in [0.15, 0.2) is 109 Å². The maximum Gasteiger partial charge on any atom is -0.0181 e. The van der Waals surface area contributed by atoms with Gasteiger partial charge in [0, 0.05) is 0 Å². The Bertz CT molecular complexity index is 1220. The van der Waals surface area contributed by atoms with E-state index in [4.69, 9.17) is 0 Å². The average molecular weight is 589 g/mol. The Morgan fingerprint density at radius 3 is 1.89 bits per heavy atom. The Morgan fingerprint density at radius 1 is 0.722 bits per heavy atom. The molecule has 0 saturated heterocycles. The van der Waals surface area contributed by atoms with Gasteiger partial charge in [0.05, 0.1) is 0 Å². The number of allylic oxidation sites excluding steroid dienone is 4. The van der Waals surface area contributed by atoms with Crippen LogP contribution >= 0.6 is 24.8 Å². The Balaban J connectivity index is 0.000000357. The standard InChI is InChI=1S/C25H17.C5H5.C3H6.2ClH.Zr/c1-3-7-18(8-4-1)20-11-13-24-22(15-20)17-23-16-21(12-14-25(23)24)19-9-5-2-6-10-19;1-2-4-5-3-1;1-3-2;;;/h1-15H,17H2;1-3H,4H2;1-2H3;2*1H;/q2*-1;;;;+2. The smallest absolute Gasteiger partial charge is 0.0181 e. The molecule has 6 rings (SSSR count). The zero-order valence-corrected chi connectivity index (χ0v) is 24.7. The van der Waals surface area contributed by atoms with Crippen LogP contribution in [0.3, 0.4) is 0 Å². The molecule has 0 saturated carbocycles. The minimum atomic E-state index is 0. The van der Waals surface area contributed by atoms with Gasteiger partial charge in [0.15, 0.2) is 0 Å². The predicted molar refractivity (Wildman–Crippen MR) is 157 cm³/mol. The number of hydrogen-bond acceptors (Lipinski definition) is 0. The van der Waals surface area contributed by atoms with E-state index in [1.165, 1.54) is 47.7 Å². The van der Waals surface area contributed by atoms with E-state index in [2.05, 4.69) is 123 Å². The van der Waals surface area contributed by atoms with Gasteiger partial charge in [-0.15, -0.1) is 60.6 Å². The second-order valence-electron chi connectivity index (χ2n) is 8.55. The van der Waals surface area contributed by atoms with Crippen LogP contribution in [0.1, 0.15) is 31.4 Å². The number of halogens is 2. The average Bonchev–Trinajstić information content (AvgIpc) is 3.56. The maximum atomic E-state index is 3.65. The van der Waals surface area contributed by atoms with Gasteiger partial charge in [0.1, 0.15) is 0 Å². The first kappa shape index (κ1) is 29.9. The summed E-state index contributed by atoms with van der Waals surface area (Å²) < 4.78 is 1.51. The van der Waals surface area contributed by atoms with Gasteiger partial charge in [-0.25, -0.2) is 12.2 Å². The summed E-state index contributed by atoms with van der Waals surface area (Å²) in [5, 5.41) is 0. The van der Waals surface area contributed by atoms with Gasteiger partial charge < -0.3 is 0 Å². The second kappa shape index (κ2) is 15.1. The molecule has 0 spiro atoms. The molecule has 0 fully saturated rings. The van der Waals surface area contributed by atoms with Crippen LogP contribution in [0.5, 0.6) is 0 Å². The van der Waals surface area contributed by atoms with Crippen molar-refractivity contribution in [2.75, 3.05) is 0 Å². The van der Waals surface area contributed by atoms with E-state index < -0.39 is 0 Å². The Morgan fingerprint density at radius 2 is 1.33 bits per heavy atom. The second-order valence-corrected chi connectivity index (χ2v) is 11.0. The van der Waals surface area contributed by atoms with E-state index in [9.17, 15) is 0 Å². The van der Waals surface area contributed by atoms with Gasteiger partial charge in [-0.3, -0.25) is 6.08 Å². The third kappa shape index (κ3) is 8.11. The summed E-state index contributed by atoms with van der Waals surface area (Å²) in [4.78, 5) is 0. The molecule has 2 aliphatic rings. The topological polar surface area (TPSA) is 0 Å². The first-order valence-corrected chi connectivity index (χ1v) is 12.9. The van der Waals surface area contributed by atoms with Crippen molar-refractivity contribution in [1.29, 1.82) is 0 Å². The summed E-state index contributed by atoms with van der Waals surface area (Å²) in [5.41, 5.74) is 10.4. The summed E-state index contributed by atoms with van der Waals surface area (Å²) in [6.07, 6.45) is 11.0. The summed E-state index contributed by atoms with van der Waals surface area (Å²) in [5.74, 6) is 0. The quantitative estimate of drug-likeness (QED) is 0.180. The zero-order chi connectivity index (χ0) is 23.8. The van der Waals surface area contributed by atoms with Gasteiger partial charge in [-0.05, 0) is 23.1 Å². The van der Waals surface area contributed by atoms with E-state index in [0.717, 1.165) is 12.8 Å². The zero-order valence-electron chi connectivity index (χ0n) is 20.6. The number of rotatable bonds is 2. The van der Waals surface area contributed by atoms with Crippen molar-refractivity contribution in [1.82, 2.24) is 0 Å². The van der Waals surface area contributed by atoms with Gasteiger partial charge in [-0.1, -0.05) is 95.6 Å². The molecule has 0 heterocycles. The van der Waals surface area contributed by atoms with Crippen LogP contribution in [-0.2, 0) is 30.7 Å². The predicted octanol–water partition coefficient (Wildman–Crippen LogP) is 9.29. The Labute approximate surface area is 243 Å². The Hall–Kier alpha value is -2.31. The molecule has 0 nitrogen and oxygen atoms in total. The minimum Gasteiger partial charge on any atom is -0.273 e. The van der Waals surface area contributed by atoms with Crippen molar-refractivity contribution in [3.8, 4) is 33.4 Å². The number of benzene rings is 4. The van der Waals surface area contributed by atoms with Crippen molar-refractivity contribution in [3.63, 3.8) is 0 Å². The van der Waals surface area contributed by atoms with Crippen molar-refractivity contribution in [3.05, 3.63) is 132 Å². The molecule has 0 N–H and O–H groups in total. The molecule has 0 aromatic heterocycles. The molecular formula is C33H30Cl2Zr. The fourth-order valence-electron chi connectivity index (χ4n) is 4.06. The van der Waals surface area contributed by atoms with Gasteiger partial charge in [-0.2, -0.15) is 6.08 Å². The molecule has 3 heteroatoms. The van der Waals surface area contributed by atoms with Gasteiger partial charge in [0.25, 0.3) is 0 Å². The first-order valence-electron chi connectivity index (χ1n) is 11.6. The van der Waals surface area contributed by atoms with Crippen LogP contribution in [0.2, 0.25) is 0 Å². The maximum absolute atomic E-state index is 3.65. The summed E-state index contributed by atoms with van der Waals surface area (Å²) in [7, 11) is 0. The summed E-state index contributed by atoms with van der Waals surface area (Å²) in [6, 6.07) is 36.0. The van der Waals surface area contributed by atoms with Gasteiger partial charge >= 0.3 is 41.3 Å². The molecular weight excluding hydrogens is 558 g/mol. The van der Waals surface area contributed by atoms with E-state index in [1.807, 2.05) is 12.2 Å². The molecule has 0 bridgehead atoms. The molecule has 0 radical (unpaired) electrons. The molecule has 0 unspecified atom stereocenters. The van der Waals surface area contributed by atoms with Crippen LogP contribution in [0.4, 0.5) is 0 Å². The molecule has 0 atom stereocenters. The van der Waals surface area contributed by atoms with E-state index >= 15 is 0 Å². The first-order chi connectivity index (χ1) is 16.6.